The number of nitrogens with zero attached hydrogens (tertiary/aromatic N) is 5. The molecular weight excluding hydrogens is 366 g/mol. The lowest BCUT2D eigenvalue weighted by Gasteiger charge is -2.36. The van der Waals surface area contributed by atoms with Crippen LogP contribution in [0.1, 0.15) is 49.5 Å². The molecule has 0 bridgehead atoms. The van der Waals surface area contributed by atoms with Gasteiger partial charge in [0.15, 0.2) is 17.0 Å². The molecule has 2 fully saturated rings. The first-order valence-electron chi connectivity index (χ1n) is 10.3. The van der Waals surface area contributed by atoms with Crippen LogP contribution in [0, 0.1) is 0 Å². The Morgan fingerprint density at radius 2 is 2.07 bits per heavy atom. The highest BCUT2D eigenvalue weighted by atomic mass is 16.3. The summed E-state index contributed by atoms with van der Waals surface area (Å²) >= 11 is 0. The number of fused-ring (bicyclic) bond motifs is 2. The second-order valence-electron chi connectivity index (χ2n) is 8.38. The lowest BCUT2D eigenvalue weighted by atomic mass is 9.80. The predicted octanol–water partition coefficient (Wildman–Crippen LogP) is 3.11. The number of anilines is 1. The molecule has 3 N–H and O–H groups in total. The van der Waals surface area contributed by atoms with E-state index < -0.39 is 5.60 Å². The Morgan fingerprint density at radius 1 is 1.21 bits per heavy atom. The van der Waals surface area contributed by atoms with Gasteiger partial charge in [-0.05, 0) is 44.2 Å². The van der Waals surface area contributed by atoms with Crippen LogP contribution in [-0.2, 0) is 13.1 Å². The number of hydrogen-bond acceptors (Lipinski definition) is 6. The summed E-state index contributed by atoms with van der Waals surface area (Å²) in [4.78, 5) is 17.5. The maximum absolute atomic E-state index is 10.7. The van der Waals surface area contributed by atoms with Crippen molar-refractivity contribution in [1.29, 1.82) is 0 Å². The molecule has 8 heteroatoms. The molecular formula is C21H23N7O. The molecule has 29 heavy (non-hydrogen) atoms. The Hall–Kier alpha value is -3.00. The van der Waals surface area contributed by atoms with E-state index in [0.29, 0.717) is 24.8 Å². The highest BCUT2D eigenvalue weighted by Gasteiger charge is 2.36. The molecule has 8 nitrogen and oxygen atoms in total. The number of hydrogen-bond donors (Lipinski definition) is 3. The minimum Gasteiger partial charge on any atom is -0.388 e. The van der Waals surface area contributed by atoms with Crippen LogP contribution in [-0.4, -0.2) is 40.4 Å². The summed E-state index contributed by atoms with van der Waals surface area (Å²) in [5.41, 5.74) is 3.81. The highest BCUT2D eigenvalue weighted by molar-refractivity contribution is 5.83. The number of aliphatic hydroxyl groups is 1. The quantitative estimate of drug-likeness (QED) is 0.468. The fourth-order valence-corrected chi connectivity index (χ4v) is 4.04. The molecule has 0 spiro atoms. The molecule has 2 aliphatic rings. The number of imidazole rings is 1. The van der Waals surface area contributed by atoms with E-state index in [-0.39, 0.29) is 0 Å². The molecule has 2 aliphatic carbocycles. The van der Waals surface area contributed by atoms with Gasteiger partial charge in [-0.3, -0.25) is 0 Å². The molecule has 0 unspecified atom stereocenters. The van der Waals surface area contributed by atoms with Crippen molar-refractivity contribution in [2.45, 2.75) is 56.7 Å². The monoisotopic (exact) mass is 389 g/mol. The van der Waals surface area contributed by atoms with E-state index in [0.717, 1.165) is 53.0 Å². The minimum absolute atomic E-state index is 0.457. The summed E-state index contributed by atoms with van der Waals surface area (Å²) in [6.45, 7) is 0.968. The van der Waals surface area contributed by atoms with Gasteiger partial charge >= 0.3 is 0 Å². The van der Waals surface area contributed by atoms with Gasteiger partial charge in [0.05, 0.1) is 35.4 Å². The number of aromatic amines is 1. The van der Waals surface area contributed by atoms with Gasteiger partial charge in [0.1, 0.15) is 5.82 Å². The molecule has 4 aromatic rings. The molecule has 0 amide bonds. The summed E-state index contributed by atoms with van der Waals surface area (Å²) in [6.07, 6.45) is 6.91. The van der Waals surface area contributed by atoms with Gasteiger partial charge in [0.2, 0.25) is 0 Å². The molecule has 0 atom stereocenters. The summed E-state index contributed by atoms with van der Waals surface area (Å²) in [6, 6.07) is 7.97. The van der Waals surface area contributed by atoms with E-state index in [1.807, 2.05) is 35.1 Å². The average molecular weight is 389 g/mol. The Kier molecular flexibility index (Phi) is 3.64. The zero-order valence-electron chi connectivity index (χ0n) is 16.1. The average Bonchev–Trinajstić information content (AvgIpc) is 3.39. The van der Waals surface area contributed by atoms with Crippen LogP contribution in [0.4, 0.5) is 5.82 Å². The molecule has 148 valence electrons. The van der Waals surface area contributed by atoms with Crippen LogP contribution in [0.2, 0.25) is 0 Å². The van der Waals surface area contributed by atoms with E-state index >= 15 is 0 Å². The Labute approximate surface area is 167 Å². The third-order valence-electron chi connectivity index (χ3n) is 6.05. The molecule has 2 saturated carbocycles. The SMILES string of the molecule is OC1(Cn2nc(NCc3nc4ccccc4[nH]3)c3ncc(C4CC4)nc32)CCC1. The van der Waals surface area contributed by atoms with E-state index in [9.17, 15) is 5.11 Å². The molecule has 1 aromatic carbocycles. The second-order valence-corrected chi connectivity index (χ2v) is 8.38. The lowest BCUT2D eigenvalue weighted by Crippen LogP contribution is -2.41. The molecule has 0 radical (unpaired) electrons. The van der Waals surface area contributed by atoms with Crippen molar-refractivity contribution in [1.82, 2.24) is 29.7 Å². The van der Waals surface area contributed by atoms with E-state index in [2.05, 4.69) is 20.3 Å². The van der Waals surface area contributed by atoms with Crippen molar-refractivity contribution in [2.75, 3.05) is 5.32 Å². The number of aromatic nitrogens is 6. The summed E-state index contributed by atoms with van der Waals surface area (Å²) in [5.74, 6) is 2.04. The summed E-state index contributed by atoms with van der Waals surface area (Å²) in [5, 5.41) is 18.8. The third kappa shape index (κ3) is 3.04. The maximum Gasteiger partial charge on any atom is 0.179 e. The molecule has 0 saturated heterocycles. The van der Waals surface area contributed by atoms with Crippen molar-refractivity contribution < 1.29 is 5.11 Å². The van der Waals surface area contributed by atoms with Gasteiger partial charge in [0.25, 0.3) is 0 Å². The number of H-pyrrole nitrogens is 1. The van der Waals surface area contributed by atoms with Gasteiger partial charge < -0.3 is 15.4 Å². The normalized spacial score (nSPS) is 18.2. The van der Waals surface area contributed by atoms with Crippen LogP contribution >= 0.6 is 0 Å². The van der Waals surface area contributed by atoms with Gasteiger partial charge in [-0.25, -0.2) is 19.6 Å². The zero-order valence-corrected chi connectivity index (χ0v) is 16.1. The standard InChI is InChI=1S/C21H23N7O/c29-21(8-3-9-21)12-28-20-18(22-10-16(26-20)13-6-7-13)19(27-28)23-11-17-24-14-4-1-2-5-15(14)25-17/h1-2,4-5,10,13,29H,3,6-9,11-12H2,(H,23,27)(H,24,25). The van der Waals surface area contributed by atoms with Crippen molar-refractivity contribution in [3.05, 3.63) is 42.0 Å². The highest BCUT2D eigenvalue weighted by Crippen LogP contribution is 2.40. The van der Waals surface area contributed by atoms with Gasteiger partial charge in [-0.15, -0.1) is 0 Å². The number of nitrogens with one attached hydrogen (secondary N) is 2. The first kappa shape index (κ1) is 16.9. The van der Waals surface area contributed by atoms with Crippen molar-refractivity contribution in [2.24, 2.45) is 0 Å². The van der Waals surface area contributed by atoms with Crippen LogP contribution in [0.3, 0.4) is 0 Å². The van der Waals surface area contributed by atoms with Crippen molar-refractivity contribution in [3.8, 4) is 0 Å². The number of benzene rings is 1. The third-order valence-corrected chi connectivity index (χ3v) is 6.05. The minimum atomic E-state index is -0.674. The van der Waals surface area contributed by atoms with Crippen LogP contribution in [0.25, 0.3) is 22.2 Å². The molecule has 3 heterocycles. The Balaban J connectivity index is 1.33. The van der Waals surface area contributed by atoms with Gasteiger partial charge in [0, 0.05) is 12.1 Å². The Morgan fingerprint density at radius 3 is 2.83 bits per heavy atom. The number of rotatable bonds is 6. The predicted molar refractivity (Wildman–Crippen MR) is 110 cm³/mol. The van der Waals surface area contributed by atoms with Crippen LogP contribution < -0.4 is 5.32 Å². The summed E-state index contributed by atoms with van der Waals surface area (Å²) < 4.78 is 1.83. The summed E-state index contributed by atoms with van der Waals surface area (Å²) in [7, 11) is 0. The fourth-order valence-electron chi connectivity index (χ4n) is 4.04. The topological polar surface area (TPSA) is 105 Å². The van der Waals surface area contributed by atoms with Gasteiger partial charge in [-0.2, -0.15) is 5.10 Å². The smallest absolute Gasteiger partial charge is 0.179 e. The molecule has 3 aromatic heterocycles. The second kappa shape index (κ2) is 6.25. The first-order chi connectivity index (χ1) is 14.2. The van der Waals surface area contributed by atoms with E-state index in [4.69, 9.17) is 10.1 Å². The maximum atomic E-state index is 10.7. The molecule has 6 rings (SSSR count). The largest absolute Gasteiger partial charge is 0.388 e. The fraction of sp³-hybridized carbons (Fsp3) is 0.429. The van der Waals surface area contributed by atoms with Gasteiger partial charge in [-0.1, -0.05) is 12.1 Å². The zero-order chi connectivity index (χ0) is 19.4. The van der Waals surface area contributed by atoms with Crippen LogP contribution in [0.15, 0.2) is 30.5 Å². The van der Waals surface area contributed by atoms with Crippen molar-refractivity contribution >= 4 is 28.0 Å². The number of para-hydroxylation sites is 2. The first-order valence-corrected chi connectivity index (χ1v) is 10.3. The van der Waals surface area contributed by atoms with Crippen LogP contribution in [0.5, 0.6) is 0 Å². The van der Waals surface area contributed by atoms with E-state index in [1.54, 1.807) is 0 Å². The van der Waals surface area contributed by atoms with Crippen molar-refractivity contribution in [3.63, 3.8) is 0 Å². The molecule has 0 aliphatic heterocycles. The lowest BCUT2D eigenvalue weighted by molar-refractivity contribution is -0.0489. The van der Waals surface area contributed by atoms with E-state index in [1.165, 1.54) is 12.8 Å². The Bertz CT molecular complexity index is 1170.